The minimum Gasteiger partial charge on any atom is -0.311 e. The SMILES string of the molecule is CC(C)=NO[P@@](N)(=O)N(CCCl)CCCl. The van der Waals surface area contributed by atoms with E-state index in [2.05, 4.69) is 5.16 Å². The Morgan fingerprint density at radius 3 is 2.20 bits per heavy atom. The minimum atomic E-state index is -3.41. The van der Waals surface area contributed by atoms with Gasteiger partial charge >= 0.3 is 7.67 Å². The first kappa shape index (κ1) is 15.2. The first-order valence-electron chi connectivity index (χ1n) is 4.40. The topological polar surface area (TPSA) is 67.9 Å². The van der Waals surface area contributed by atoms with Gasteiger partial charge in [-0.05, 0) is 13.8 Å². The Kier molecular flexibility index (Phi) is 7.57. The van der Waals surface area contributed by atoms with Crippen LogP contribution >= 0.6 is 30.9 Å². The lowest BCUT2D eigenvalue weighted by Crippen LogP contribution is -2.29. The first-order chi connectivity index (χ1) is 6.94. The standard InChI is InChI=1S/C7H16Cl2N3O2P/c1-7(2)11-14-15(10,13)12(5-3-8)6-4-9/h3-6H2,1-2H3,(H2,10,13)/t15-/m1/s1. The van der Waals surface area contributed by atoms with E-state index in [0.29, 0.717) is 30.6 Å². The van der Waals surface area contributed by atoms with Crippen molar-refractivity contribution in [3.8, 4) is 0 Å². The lowest BCUT2D eigenvalue weighted by atomic mass is 10.5. The number of nitrogens with zero attached hydrogens (tertiary/aromatic N) is 2. The predicted molar refractivity (Wildman–Crippen MR) is 64.7 cm³/mol. The summed E-state index contributed by atoms with van der Waals surface area (Å²) in [5.74, 6) is 0.604. The zero-order valence-electron chi connectivity index (χ0n) is 8.82. The van der Waals surface area contributed by atoms with Gasteiger partial charge in [-0.15, -0.1) is 23.2 Å². The van der Waals surface area contributed by atoms with Gasteiger partial charge in [-0.1, -0.05) is 5.16 Å². The molecular formula is C7H16Cl2N3O2P. The number of halogens is 2. The molecule has 0 aliphatic rings. The Bertz CT molecular complexity index is 253. The van der Waals surface area contributed by atoms with Crippen LogP contribution in [-0.2, 0) is 9.19 Å². The highest BCUT2D eigenvalue weighted by molar-refractivity contribution is 7.53. The van der Waals surface area contributed by atoms with Crippen LogP contribution < -0.4 is 5.50 Å². The predicted octanol–water partition coefficient (Wildman–Crippen LogP) is 2.25. The molecule has 0 aromatic heterocycles. The van der Waals surface area contributed by atoms with Gasteiger partial charge in [0.15, 0.2) is 0 Å². The van der Waals surface area contributed by atoms with E-state index in [1.807, 2.05) is 0 Å². The highest BCUT2D eigenvalue weighted by atomic mass is 35.5. The molecule has 0 aliphatic heterocycles. The molecule has 0 bridgehead atoms. The first-order valence-corrected chi connectivity index (χ1v) is 7.11. The van der Waals surface area contributed by atoms with Crippen LogP contribution in [0, 0.1) is 0 Å². The molecule has 15 heavy (non-hydrogen) atoms. The summed E-state index contributed by atoms with van der Waals surface area (Å²) in [6.07, 6.45) is 0. The maximum Gasteiger partial charge on any atom is 0.411 e. The van der Waals surface area contributed by atoms with E-state index >= 15 is 0 Å². The van der Waals surface area contributed by atoms with Crippen molar-refractivity contribution in [2.45, 2.75) is 13.8 Å². The van der Waals surface area contributed by atoms with Crippen molar-refractivity contribution >= 4 is 36.6 Å². The van der Waals surface area contributed by atoms with Gasteiger partial charge in [0.25, 0.3) is 0 Å². The Morgan fingerprint density at radius 2 is 1.87 bits per heavy atom. The van der Waals surface area contributed by atoms with E-state index in [4.69, 9.17) is 33.3 Å². The van der Waals surface area contributed by atoms with E-state index in [9.17, 15) is 4.57 Å². The fraction of sp³-hybridized carbons (Fsp3) is 0.857. The monoisotopic (exact) mass is 275 g/mol. The van der Waals surface area contributed by atoms with Crippen LogP contribution in [0.5, 0.6) is 0 Å². The van der Waals surface area contributed by atoms with Crippen molar-refractivity contribution in [3.05, 3.63) is 0 Å². The molecule has 1 atom stereocenters. The number of oxime groups is 1. The quantitative estimate of drug-likeness (QED) is 0.335. The molecule has 0 saturated carbocycles. The summed E-state index contributed by atoms with van der Waals surface area (Å²) in [7, 11) is -3.41. The summed E-state index contributed by atoms with van der Waals surface area (Å²) in [5.41, 5.74) is 6.15. The van der Waals surface area contributed by atoms with Crippen LogP contribution in [0.1, 0.15) is 13.8 Å². The average molecular weight is 276 g/mol. The van der Waals surface area contributed by atoms with Crippen LogP contribution in [-0.4, -0.2) is 35.2 Å². The molecule has 0 amide bonds. The molecule has 0 radical (unpaired) electrons. The van der Waals surface area contributed by atoms with Gasteiger partial charge in [-0.25, -0.2) is 14.7 Å². The van der Waals surface area contributed by atoms with E-state index in [1.165, 1.54) is 4.67 Å². The molecule has 0 rings (SSSR count). The van der Waals surface area contributed by atoms with Crippen molar-refractivity contribution in [1.82, 2.24) is 4.67 Å². The third-order valence-electron chi connectivity index (χ3n) is 1.42. The second-order valence-corrected chi connectivity index (χ2v) is 5.63. The van der Waals surface area contributed by atoms with E-state index < -0.39 is 7.67 Å². The van der Waals surface area contributed by atoms with Gasteiger partial charge in [0.2, 0.25) is 0 Å². The molecule has 0 aromatic carbocycles. The third-order valence-corrected chi connectivity index (χ3v) is 3.26. The highest BCUT2D eigenvalue weighted by Crippen LogP contribution is 2.42. The molecule has 2 N–H and O–H groups in total. The molecule has 0 aromatic rings. The molecule has 0 saturated heterocycles. The largest absolute Gasteiger partial charge is 0.411 e. The van der Waals surface area contributed by atoms with Crippen LogP contribution in [0.15, 0.2) is 5.16 Å². The van der Waals surface area contributed by atoms with Gasteiger partial charge < -0.3 is 4.62 Å². The zero-order valence-corrected chi connectivity index (χ0v) is 11.2. The van der Waals surface area contributed by atoms with Gasteiger partial charge in [0.05, 0.1) is 5.71 Å². The lowest BCUT2D eigenvalue weighted by molar-refractivity contribution is 0.278. The van der Waals surface area contributed by atoms with Gasteiger partial charge in [-0.2, -0.15) is 0 Å². The molecule has 0 aliphatic carbocycles. The van der Waals surface area contributed by atoms with Crippen molar-refractivity contribution in [1.29, 1.82) is 0 Å². The summed E-state index contributed by atoms with van der Waals surface area (Å²) < 4.78 is 18.0. The Labute approximate surface area is 100 Å². The molecule has 90 valence electrons. The Morgan fingerprint density at radius 1 is 1.40 bits per heavy atom. The van der Waals surface area contributed by atoms with Crippen molar-refractivity contribution in [3.63, 3.8) is 0 Å². The summed E-state index contributed by atoms with van der Waals surface area (Å²) in [6, 6.07) is 0. The van der Waals surface area contributed by atoms with Gasteiger partial charge in [0, 0.05) is 24.8 Å². The average Bonchev–Trinajstić information content (AvgIpc) is 2.15. The summed E-state index contributed by atoms with van der Waals surface area (Å²) in [4.78, 5) is 0. The van der Waals surface area contributed by atoms with Crippen molar-refractivity contribution in [2.24, 2.45) is 10.7 Å². The minimum absolute atomic E-state index is 0.302. The Hall–Kier alpha value is 0.200. The maximum absolute atomic E-state index is 11.9. The van der Waals surface area contributed by atoms with E-state index in [-0.39, 0.29) is 0 Å². The molecule has 8 heteroatoms. The lowest BCUT2D eigenvalue weighted by Gasteiger charge is -2.24. The molecule has 0 fully saturated rings. The molecule has 5 nitrogen and oxygen atoms in total. The van der Waals surface area contributed by atoms with Gasteiger partial charge in [-0.3, -0.25) is 0 Å². The van der Waals surface area contributed by atoms with Crippen molar-refractivity contribution < 1.29 is 9.19 Å². The summed E-state index contributed by atoms with van der Waals surface area (Å²) in [6.45, 7) is 4.13. The molecule has 0 heterocycles. The summed E-state index contributed by atoms with van der Waals surface area (Å²) >= 11 is 11.1. The van der Waals surface area contributed by atoms with Crippen LogP contribution in [0.3, 0.4) is 0 Å². The van der Waals surface area contributed by atoms with Crippen LogP contribution in [0.2, 0.25) is 0 Å². The van der Waals surface area contributed by atoms with E-state index in [1.54, 1.807) is 13.8 Å². The van der Waals surface area contributed by atoms with E-state index in [0.717, 1.165) is 0 Å². The second kappa shape index (κ2) is 7.47. The van der Waals surface area contributed by atoms with Crippen LogP contribution in [0.4, 0.5) is 0 Å². The third kappa shape index (κ3) is 6.38. The van der Waals surface area contributed by atoms with Crippen LogP contribution in [0.25, 0.3) is 0 Å². The fourth-order valence-electron chi connectivity index (χ4n) is 0.777. The molecule has 0 spiro atoms. The number of hydrogen-bond donors (Lipinski definition) is 1. The smallest absolute Gasteiger partial charge is 0.311 e. The number of nitrogens with two attached hydrogens (primary N) is 1. The number of hydrogen-bond acceptors (Lipinski definition) is 3. The highest BCUT2D eigenvalue weighted by Gasteiger charge is 2.27. The fourth-order valence-corrected chi connectivity index (χ4v) is 2.56. The number of alkyl halides is 2. The Balaban J connectivity index is 4.48. The molecular weight excluding hydrogens is 260 g/mol. The van der Waals surface area contributed by atoms with Gasteiger partial charge in [0.1, 0.15) is 0 Å². The number of rotatable bonds is 7. The normalized spacial score (nSPS) is 14.8. The molecule has 0 unspecified atom stereocenters. The summed E-state index contributed by atoms with van der Waals surface area (Å²) in [5, 5.41) is 3.58. The second-order valence-electron chi connectivity index (χ2n) is 3.02. The maximum atomic E-state index is 11.9. The van der Waals surface area contributed by atoms with Crippen molar-refractivity contribution in [2.75, 3.05) is 24.8 Å². The zero-order chi connectivity index (χ0) is 11.9.